The Hall–Kier alpha value is -2.49. The predicted molar refractivity (Wildman–Crippen MR) is 168 cm³/mol. The Morgan fingerprint density at radius 3 is 1.89 bits per heavy atom. The van der Waals surface area contributed by atoms with Gasteiger partial charge in [0, 0.05) is 22.5 Å². The van der Waals surface area contributed by atoms with E-state index in [2.05, 4.69) is 6.92 Å². The van der Waals surface area contributed by atoms with E-state index >= 15 is 0 Å². The van der Waals surface area contributed by atoms with E-state index in [9.17, 15) is 42.1 Å². The van der Waals surface area contributed by atoms with Gasteiger partial charge in [-0.15, -0.1) is 11.8 Å². The van der Waals surface area contributed by atoms with Crippen LogP contribution in [0.3, 0.4) is 0 Å². The maximum Gasteiger partial charge on any atom is 0.453 e. The van der Waals surface area contributed by atoms with Crippen molar-refractivity contribution in [2.75, 3.05) is 5.75 Å². The van der Waals surface area contributed by atoms with Gasteiger partial charge in [-0.05, 0) is 73.9 Å². The Bertz CT molecular complexity index is 1240. The van der Waals surface area contributed by atoms with Gasteiger partial charge < -0.3 is 15.3 Å². The molecule has 45 heavy (non-hydrogen) atoms. The number of benzene rings is 2. The van der Waals surface area contributed by atoms with E-state index in [0.717, 1.165) is 62.0 Å². The van der Waals surface area contributed by atoms with Gasteiger partial charge in [-0.3, -0.25) is 4.79 Å². The quantitative estimate of drug-likeness (QED) is 0.110. The van der Waals surface area contributed by atoms with Crippen molar-refractivity contribution in [2.24, 2.45) is 5.41 Å². The first-order chi connectivity index (χ1) is 21.1. The molecule has 0 saturated heterocycles. The molecule has 3 rings (SSSR count). The standard InChI is InChI=1S/C35H47F5O4S/c1-32(31(43)44,21-11-8-12-22-34(36,37)35(38,39)40)20-10-7-5-3-4-6-9-13-29-28-19-18-27(42)23-30(28)45-24-33(29,2)25-14-16-26(41)17-15-25/h14-19,23,29,41-42H,3-13,20-22,24H2,1-2H3,(H,43,44)/t29-,32?,33-/m1/s1. The molecule has 1 heterocycles. The molecule has 3 N–H and O–H groups in total. The zero-order valence-corrected chi connectivity index (χ0v) is 27.1. The third-order valence-electron chi connectivity index (χ3n) is 9.57. The van der Waals surface area contributed by atoms with E-state index in [0.29, 0.717) is 12.8 Å². The number of hydrogen-bond donors (Lipinski definition) is 3. The number of carboxylic acid groups (broad SMARTS) is 1. The van der Waals surface area contributed by atoms with Crippen LogP contribution in [0, 0.1) is 5.41 Å². The second kappa shape index (κ2) is 15.9. The Morgan fingerprint density at radius 1 is 0.800 bits per heavy atom. The van der Waals surface area contributed by atoms with Gasteiger partial charge in [0.05, 0.1) is 5.41 Å². The third-order valence-corrected chi connectivity index (χ3v) is 11.0. The van der Waals surface area contributed by atoms with Crippen LogP contribution in [-0.4, -0.2) is 39.1 Å². The fourth-order valence-corrected chi connectivity index (χ4v) is 7.88. The van der Waals surface area contributed by atoms with Gasteiger partial charge in [0.15, 0.2) is 0 Å². The van der Waals surface area contributed by atoms with Crippen LogP contribution in [0.5, 0.6) is 11.5 Å². The molecule has 4 nitrogen and oxygen atoms in total. The molecule has 0 amide bonds. The molecule has 0 radical (unpaired) electrons. The fraction of sp³-hybridized carbons (Fsp3) is 0.629. The number of phenols is 2. The zero-order chi connectivity index (χ0) is 33.3. The van der Waals surface area contributed by atoms with Crippen molar-refractivity contribution in [1.82, 2.24) is 0 Å². The summed E-state index contributed by atoms with van der Waals surface area (Å²) in [7, 11) is 0. The molecule has 0 saturated carbocycles. The highest BCUT2D eigenvalue weighted by Gasteiger charge is 2.56. The lowest BCUT2D eigenvalue weighted by Gasteiger charge is -2.43. The highest BCUT2D eigenvalue weighted by Crippen LogP contribution is 2.52. The Kier molecular flexibility index (Phi) is 13.0. The molecule has 1 unspecified atom stereocenters. The van der Waals surface area contributed by atoms with Crippen molar-refractivity contribution in [3.63, 3.8) is 0 Å². The lowest BCUT2D eigenvalue weighted by Crippen LogP contribution is -2.36. The summed E-state index contributed by atoms with van der Waals surface area (Å²) < 4.78 is 63.1. The van der Waals surface area contributed by atoms with E-state index in [1.54, 1.807) is 36.9 Å². The van der Waals surface area contributed by atoms with Crippen LogP contribution in [0.2, 0.25) is 0 Å². The summed E-state index contributed by atoms with van der Waals surface area (Å²) in [5, 5.41) is 29.6. The van der Waals surface area contributed by atoms with Gasteiger partial charge in [-0.2, -0.15) is 22.0 Å². The molecule has 1 aliphatic heterocycles. The molecule has 3 atom stereocenters. The molecular formula is C35H47F5O4S. The zero-order valence-electron chi connectivity index (χ0n) is 26.3. The Morgan fingerprint density at radius 2 is 1.31 bits per heavy atom. The number of aliphatic carboxylic acids is 1. The number of phenolic OH excluding ortho intramolecular Hbond substituents is 2. The van der Waals surface area contributed by atoms with Crippen LogP contribution in [0.15, 0.2) is 47.4 Å². The van der Waals surface area contributed by atoms with Gasteiger partial charge in [0.25, 0.3) is 0 Å². The van der Waals surface area contributed by atoms with Crippen molar-refractivity contribution in [3.05, 3.63) is 53.6 Å². The maximum atomic E-state index is 13.1. The first kappa shape index (κ1) is 37.0. The summed E-state index contributed by atoms with van der Waals surface area (Å²) in [5.74, 6) is -4.00. The monoisotopic (exact) mass is 658 g/mol. The number of hydrogen-bond acceptors (Lipinski definition) is 4. The summed E-state index contributed by atoms with van der Waals surface area (Å²) in [6.45, 7) is 3.92. The molecule has 0 aromatic heterocycles. The van der Waals surface area contributed by atoms with Crippen molar-refractivity contribution in [1.29, 1.82) is 0 Å². The first-order valence-corrected chi connectivity index (χ1v) is 17.0. The minimum atomic E-state index is -5.55. The Labute approximate surface area is 267 Å². The van der Waals surface area contributed by atoms with E-state index in [1.165, 1.54) is 11.1 Å². The summed E-state index contributed by atoms with van der Waals surface area (Å²) in [6.07, 6.45) is 1.85. The minimum Gasteiger partial charge on any atom is -0.508 e. The molecule has 0 spiro atoms. The molecule has 10 heteroatoms. The van der Waals surface area contributed by atoms with E-state index in [4.69, 9.17) is 0 Å². The van der Waals surface area contributed by atoms with Crippen molar-refractivity contribution < 1.29 is 42.1 Å². The number of fused-ring (bicyclic) bond motifs is 1. The second-order valence-electron chi connectivity index (χ2n) is 13.2. The number of aromatic hydroxyl groups is 2. The number of halogens is 5. The predicted octanol–water partition coefficient (Wildman–Crippen LogP) is 11.0. The van der Waals surface area contributed by atoms with Gasteiger partial charge in [-0.25, -0.2) is 0 Å². The van der Waals surface area contributed by atoms with Gasteiger partial charge in [-0.1, -0.05) is 82.9 Å². The molecule has 252 valence electrons. The highest BCUT2D eigenvalue weighted by atomic mass is 32.2. The first-order valence-electron chi connectivity index (χ1n) is 16.0. The topological polar surface area (TPSA) is 77.8 Å². The number of carbonyl (C=O) groups is 1. The summed E-state index contributed by atoms with van der Waals surface area (Å²) in [5.41, 5.74) is 1.31. The number of alkyl halides is 5. The highest BCUT2D eigenvalue weighted by molar-refractivity contribution is 7.99. The SMILES string of the molecule is CC(CCCCCCCCC[C@@H]1c2ccc(O)cc2SC[C@]1(C)c1ccc(O)cc1)(CCCCCC(F)(F)C(F)(F)F)C(=O)O. The van der Waals surface area contributed by atoms with E-state index in [1.807, 2.05) is 24.3 Å². The van der Waals surface area contributed by atoms with Crippen molar-refractivity contribution in [3.8, 4) is 11.5 Å². The summed E-state index contributed by atoms with van der Waals surface area (Å²) in [6, 6.07) is 13.1. The maximum absolute atomic E-state index is 13.1. The van der Waals surface area contributed by atoms with E-state index < -0.39 is 29.9 Å². The van der Waals surface area contributed by atoms with Crippen LogP contribution in [0.4, 0.5) is 22.0 Å². The second-order valence-corrected chi connectivity index (χ2v) is 14.2. The number of rotatable bonds is 18. The fourth-order valence-electron chi connectivity index (χ4n) is 6.48. The summed E-state index contributed by atoms with van der Waals surface area (Å²) in [4.78, 5) is 13.0. The molecule has 0 bridgehead atoms. The van der Waals surface area contributed by atoms with Gasteiger partial charge in [0.2, 0.25) is 0 Å². The molecule has 2 aromatic rings. The average molecular weight is 659 g/mol. The van der Waals surface area contributed by atoms with Crippen LogP contribution in [0.1, 0.15) is 121 Å². The summed E-state index contributed by atoms with van der Waals surface area (Å²) >= 11 is 1.75. The van der Waals surface area contributed by atoms with Crippen molar-refractivity contribution in [2.45, 2.75) is 132 Å². The van der Waals surface area contributed by atoms with Crippen LogP contribution in [-0.2, 0) is 10.2 Å². The molecule has 0 aliphatic carbocycles. The molecule has 1 aliphatic rings. The third kappa shape index (κ3) is 10.00. The van der Waals surface area contributed by atoms with Gasteiger partial charge >= 0.3 is 18.1 Å². The Balaban J connectivity index is 1.39. The van der Waals surface area contributed by atoms with Crippen LogP contribution < -0.4 is 0 Å². The average Bonchev–Trinajstić information content (AvgIpc) is 2.96. The largest absolute Gasteiger partial charge is 0.508 e. The molecular weight excluding hydrogens is 611 g/mol. The lowest BCUT2D eigenvalue weighted by molar-refractivity contribution is -0.284. The normalized spacial score (nSPS) is 20.0. The number of thioether (sulfide) groups is 1. The number of unbranched alkanes of at least 4 members (excludes halogenated alkanes) is 8. The van der Waals surface area contributed by atoms with Crippen LogP contribution in [0.25, 0.3) is 0 Å². The van der Waals surface area contributed by atoms with E-state index in [-0.39, 0.29) is 42.1 Å². The lowest BCUT2D eigenvalue weighted by atomic mass is 9.68. The molecule has 2 aromatic carbocycles. The minimum absolute atomic E-state index is 0.118. The van der Waals surface area contributed by atoms with Gasteiger partial charge in [0.1, 0.15) is 11.5 Å². The smallest absolute Gasteiger partial charge is 0.453 e. The van der Waals surface area contributed by atoms with Crippen LogP contribution >= 0.6 is 11.8 Å². The number of carboxylic acids is 1. The molecule has 0 fully saturated rings. The van der Waals surface area contributed by atoms with Crippen molar-refractivity contribution >= 4 is 17.7 Å².